The van der Waals surface area contributed by atoms with Crippen LogP contribution in [0.25, 0.3) is 34.0 Å². The molecule has 0 saturated heterocycles. The van der Waals surface area contributed by atoms with E-state index in [1.54, 1.807) is 33.3 Å². The molecule has 7 aromatic rings. The number of halogens is 5. The van der Waals surface area contributed by atoms with Crippen LogP contribution in [-0.2, 0) is 0 Å². The van der Waals surface area contributed by atoms with E-state index in [4.69, 9.17) is 14.9 Å². The van der Waals surface area contributed by atoms with Crippen molar-refractivity contribution in [3.05, 3.63) is 107 Å². The number of Topliss-reactive ketones (excluding diaryl/α,β-unsaturated/α-hetero) is 1. The van der Waals surface area contributed by atoms with Gasteiger partial charge in [-0.05, 0) is 48.5 Å². The van der Waals surface area contributed by atoms with Crippen LogP contribution in [0.2, 0.25) is 0 Å². The molecule has 0 fully saturated rings. The maximum Gasteiger partial charge on any atom is 0.309 e. The van der Waals surface area contributed by atoms with Gasteiger partial charge in [0.25, 0.3) is 6.01 Å². The number of carbonyl (C=O) groups is 2. The number of primary amides is 2. The number of aromatic nitrogens is 9. The Kier molecular flexibility index (Phi) is 11.6. The van der Waals surface area contributed by atoms with Gasteiger partial charge in [-0.1, -0.05) is 43.6 Å². The predicted molar refractivity (Wildman–Crippen MR) is 191 cm³/mol. The molecule has 0 aliphatic carbocycles. The van der Waals surface area contributed by atoms with Gasteiger partial charge in [0.05, 0.1) is 11.3 Å². The molecule has 6 N–H and O–H groups in total. The van der Waals surface area contributed by atoms with Crippen molar-refractivity contribution in [1.29, 1.82) is 0 Å². The molecule has 0 aliphatic rings. The van der Waals surface area contributed by atoms with Gasteiger partial charge < -0.3 is 21.6 Å². The van der Waals surface area contributed by atoms with Gasteiger partial charge in [0.15, 0.2) is 34.5 Å². The summed E-state index contributed by atoms with van der Waals surface area (Å²) in [5.74, 6) is -1.93. The van der Waals surface area contributed by atoms with Crippen molar-refractivity contribution in [3.63, 3.8) is 0 Å². The molecule has 20 heteroatoms. The zero-order chi connectivity index (χ0) is 39.4. The Bertz CT molecular complexity index is 2480. The normalized spacial score (nSPS) is 11.7. The number of fused-ring (bicyclic) bond motifs is 2. The third-order valence-electron chi connectivity index (χ3n) is 7.38. The standard InChI is InChI=1S/C17H14F2N6O.C16H13BrF2N4O.CH4N2O/c1-8(2)16-23-22-13-6-5-12(24-25(13)16)15-14(21-17(20)26-15)10-4-3-9(18)7-11(10)19;1-8(2)16-21-20-13-6-5-12(22-23(13)16)14(17)15(24)10-4-3-9(18)7-11(10)19;2-1(3)4/h3-8H,1-2H3,(H2,20,21);3-8,14H,1-2H3;(H4,2,3,4). The molecule has 5 aromatic heterocycles. The van der Waals surface area contributed by atoms with E-state index in [0.29, 0.717) is 40.4 Å². The van der Waals surface area contributed by atoms with E-state index in [1.807, 2.05) is 27.7 Å². The zero-order valence-electron chi connectivity index (χ0n) is 28.9. The number of benzene rings is 2. The molecule has 0 radical (unpaired) electrons. The van der Waals surface area contributed by atoms with Gasteiger partial charge in [0, 0.05) is 29.5 Å². The SMILES string of the molecule is CC(C)c1nnc2ccc(-c3oc(N)nc3-c3ccc(F)cc3F)nn12.CC(C)c1nnc2ccc(C(Br)C(=O)c3ccc(F)cc3F)nn12.NC(N)=O. The van der Waals surface area contributed by atoms with Crippen LogP contribution in [0.15, 0.2) is 65.1 Å². The van der Waals surface area contributed by atoms with Crippen molar-refractivity contribution in [3.8, 4) is 22.7 Å². The van der Waals surface area contributed by atoms with Crippen LogP contribution in [0.3, 0.4) is 0 Å². The number of oxazole rings is 1. The van der Waals surface area contributed by atoms with E-state index in [1.165, 1.54) is 6.07 Å². The Hall–Kier alpha value is -6.31. The molecule has 280 valence electrons. The summed E-state index contributed by atoms with van der Waals surface area (Å²) in [5.41, 5.74) is 16.1. The predicted octanol–water partition coefficient (Wildman–Crippen LogP) is 6.30. The van der Waals surface area contributed by atoms with E-state index in [2.05, 4.69) is 63.0 Å². The second-order valence-electron chi connectivity index (χ2n) is 12.0. The number of nitrogens with two attached hydrogens (primary N) is 3. The summed E-state index contributed by atoms with van der Waals surface area (Å²) in [6.45, 7) is 7.85. The molecule has 2 amide bonds. The Morgan fingerprint density at radius 3 is 1.83 bits per heavy atom. The highest BCUT2D eigenvalue weighted by molar-refractivity contribution is 9.09. The zero-order valence-corrected chi connectivity index (χ0v) is 30.5. The molecule has 0 spiro atoms. The summed E-state index contributed by atoms with van der Waals surface area (Å²) >= 11 is 3.25. The van der Waals surface area contributed by atoms with Gasteiger partial charge in [-0.25, -0.2) is 22.4 Å². The summed E-state index contributed by atoms with van der Waals surface area (Å²) in [7, 11) is 0. The molecular formula is C34H31BrF4N12O3. The van der Waals surface area contributed by atoms with Gasteiger partial charge >= 0.3 is 6.03 Å². The molecule has 0 aliphatic heterocycles. The van der Waals surface area contributed by atoms with Gasteiger partial charge in [-0.15, -0.1) is 20.4 Å². The number of ketones is 1. The summed E-state index contributed by atoms with van der Waals surface area (Å²) in [6, 6.07) is 11.7. The minimum Gasteiger partial charge on any atom is -0.421 e. The molecule has 1 unspecified atom stereocenters. The number of alkyl halides is 1. The molecule has 1 atom stereocenters. The van der Waals surface area contributed by atoms with Crippen LogP contribution < -0.4 is 17.2 Å². The van der Waals surface area contributed by atoms with Crippen LogP contribution in [-0.4, -0.2) is 56.4 Å². The molecule has 7 rings (SSSR count). The number of anilines is 1. The second-order valence-corrected chi connectivity index (χ2v) is 13.0. The number of urea groups is 1. The van der Waals surface area contributed by atoms with E-state index in [0.717, 1.165) is 24.3 Å². The summed E-state index contributed by atoms with van der Waals surface area (Å²) in [5, 5.41) is 25.1. The van der Waals surface area contributed by atoms with Crippen molar-refractivity contribution in [2.24, 2.45) is 11.5 Å². The van der Waals surface area contributed by atoms with Gasteiger partial charge in [-0.2, -0.15) is 24.2 Å². The Balaban J connectivity index is 0.000000190. The van der Waals surface area contributed by atoms with Crippen molar-refractivity contribution in [1.82, 2.24) is 44.6 Å². The summed E-state index contributed by atoms with van der Waals surface area (Å²) in [4.78, 5) is 24.7. The maximum absolute atomic E-state index is 14.2. The highest BCUT2D eigenvalue weighted by atomic mass is 79.9. The topological polar surface area (TPSA) is 224 Å². The lowest BCUT2D eigenvalue weighted by Gasteiger charge is -2.10. The Morgan fingerprint density at radius 2 is 1.28 bits per heavy atom. The molecule has 15 nitrogen and oxygen atoms in total. The number of carbonyl (C=O) groups excluding carboxylic acids is 2. The molecular weight excluding hydrogens is 780 g/mol. The Morgan fingerprint density at radius 1 is 0.741 bits per heavy atom. The number of rotatable bonds is 7. The van der Waals surface area contributed by atoms with Crippen molar-refractivity contribution in [2.45, 2.75) is 44.4 Å². The monoisotopic (exact) mass is 810 g/mol. The van der Waals surface area contributed by atoms with Crippen LogP contribution in [0.4, 0.5) is 28.4 Å². The van der Waals surface area contributed by atoms with E-state index < -0.39 is 39.9 Å². The first-order valence-corrected chi connectivity index (χ1v) is 16.8. The van der Waals surface area contributed by atoms with Gasteiger partial charge in [0.1, 0.15) is 39.5 Å². The number of amides is 2. The molecule has 0 bridgehead atoms. The van der Waals surface area contributed by atoms with Crippen molar-refractivity contribution in [2.75, 3.05) is 5.73 Å². The third-order valence-corrected chi connectivity index (χ3v) is 8.26. The average molecular weight is 812 g/mol. The van der Waals surface area contributed by atoms with Crippen molar-refractivity contribution < 1.29 is 31.6 Å². The molecule has 54 heavy (non-hydrogen) atoms. The number of hydrogen-bond donors (Lipinski definition) is 3. The van der Waals surface area contributed by atoms with Crippen molar-refractivity contribution >= 4 is 45.1 Å². The summed E-state index contributed by atoms with van der Waals surface area (Å²) in [6.07, 6.45) is 0. The lowest BCUT2D eigenvalue weighted by atomic mass is 10.1. The van der Waals surface area contributed by atoms with Gasteiger partial charge in [0.2, 0.25) is 0 Å². The highest BCUT2D eigenvalue weighted by Crippen LogP contribution is 2.34. The lowest BCUT2D eigenvalue weighted by Crippen LogP contribution is -2.18. The molecule has 5 heterocycles. The Labute approximate surface area is 311 Å². The number of hydrogen-bond acceptors (Lipinski definition) is 11. The lowest BCUT2D eigenvalue weighted by molar-refractivity contribution is 0.0986. The fourth-order valence-corrected chi connectivity index (χ4v) is 5.43. The van der Waals surface area contributed by atoms with Crippen LogP contribution in [0.1, 0.15) is 72.1 Å². The van der Waals surface area contributed by atoms with Crippen LogP contribution >= 0.6 is 15.9 Å². The second kappa shape index (κ2) is 16.1. The quantitative estimate of drug-likeness (QED) is 0.0920. The highest BCUT2D eigenvalue weighted by Gasteiger charge is 2.25. The summed E-state index contributed by atoms with van der Waals surface area (Å²) < 4.78 is 62.8. The van der Waals surface area contributed by atoms with E-state index in [-0.39, 0.29) is 40.4 Å². The maximum atomic E-state index is 14.2. The minimum atomic E-state index is -0.905. The fourth-order valence-electron chi connectivity index (χ4n) is 4.94. The van der Waals surface area contributed by atoms with Crippen LogP contribution in [0.5, 0.6) is 0 Å². The first kappa shape index (κ1) is 38.9. The average Bonchev–Trinajstić information content (AvgIpc) is 3.84. The third kappa shape index (κ3) is 8.49. The smallest absolute Gasteiger partial charge is 0.309 e. The number of nitrogens with zero attached hydrogens (tertiary/aromatic N) is 9. The van der Waals surface area contributed by atoms with E-state index in [9.17, 15) is 22.4 Å². The molecule has 0 saturated carbocycles. The van der Waals surface area contributed by atoms with E-state index >= 15 is 0 Å². The minimum absolute atomic E-state index is 0.0663. The first-order chi connectivity index (χ1) is 25.5. The van der Waals surface area contributed by atoms with Crippen LogP contribution in [0, 0.1) is 23.3 Å². The fraction of sp³-hybridized carbons (Fsp3) is 0.206. The molecule has 2 aromatic carbocycles. The largest absolute Gasteiger partial charge is 0.421 e. The first-order valence-electron chi connectivity index (χ1n) is 15.9. The number of nitrogen functional groups attached to an aromatic ring is 1. The van der Waals surface area contributed by atoms with Gasteiger partial charge in [-0.3, -0.25) is 4.79 Å².